The molecule has 1 unspecified atom stereocenters. The van der Waals surface area contributed by atoms with E-state index in [1.165, 1.54) is 7.11 Å². The van der Waals surface area contributed by atoms with Crippen LogP contribution in [0.1, 0.15) is 24.0 Å². The summed E-state index contributed by atoms with van der Waals surface area (Å²) in [4.78, 5) is 25.1. The van der Waals surface area contributed by atoms with Crippen molar-refractivity contribution in [1.29, 1.82) is 0 Å². The lowest BCUT2D eigenvalue weighted by Crippen LogP contribution is -2.30. The van der Waals surface area contributed by atoms with Crippen molar-refractivity contribution >= 4 is 23.2 Å². The first-order valence-electron chi connectivity index (χ1n) is 10.9. The second kappa shape index (κ2) is 10.1. The van der Waals surface area contributed by atoms with Crippen LogP contribution in [0.2, 0.25) is 0 Å². The maximum absolute atomic E-state index is 13.3. The smallest absolute Gasteiger partial charge is 0.416 e. The van der Waals surface area contributed by atoms with E-state index >= 15 is 0 Å². The van der Waals surface area contributed by atoms with E-state index in [0.29, 0.717) is 17.9 Å². The van der Waals surface area contributed by atoms with Crippen LogP contribution in [0.15, 0.2) is 66.7 Å². The van der Waals surface area contributed by atoms with E-state index in [1.54, 1.807) is 24.3 Å². The third kappa shape index (κ3) is 5.92. The van der Waals surface area contributed by atoms with Crippen LogP contribution in [-0.2, 0) is 22.2 Å². The van der Waals surface area contributed by atoms with Crippen LogP contribution in [0.3, 0.4) is 0 Å². The van der Waals surface area contributed by atoms with Crippen molar-refractivity contribution in [2.24, 2.45) is 5.92 Å². The number of methoxy groups -OCH3 is 1. The molecule has 0 fully saturated rings. The minimum Gasteiger partial charge on any atom is -0.497 e. The third-order valence-corrected chi connectivity index (χ3v) is 5.68. The number of alkyl halides is 3. The molecule has 1 heterocycles. The second-order valence-electron chi connectivity index (χ2n) is 8.12. The Labute approximate surface area is 200 Å². The number of carbonyl (C=O) groups excluding carboxylic acids is 2. The van der Waals surface area contributed by atoms with Gasteiger partial charge in [-0.3, -0.25) is 9.59 Å². The van der Waals surface area contributed by atoms with Crippen molar-refractivity contribution in [3.8, 4) is 17.2 Å². The zero-order valence-corrected chi connectivity index (χ0v) is 18.8. The van der Waals surface area contributed by atoms with Crippen LogP contribution in [0.4, 0.5) is 24.5 Å². The summed E-state index contributed by atoms with van der Waals surface area (Å²) in [6.45, 7) is 0. The zero-order valence-electron chi connectivity index (χ0n) is 18.8. The van der Waals surface area contributed by atoms with E-state index < -0.39 is 23.6 Å². The van der Waals surface area contributed by atoms with Gasteiger partial charge in [0.1, 0.15) is 11.5 Å². The van der Waals surface area contributed by atoms with Crippen molar-refractivity contribution in [2.45, 2.75) is 25.4 Å². The zero-order chi connectivity index (χ0) is 25.0. The molecule has 0 saturated heterocycles. The number of halogens is 3. The standard InChI is InChI=1S/C26H23F3N2O4/c1-34-19-6-4-7-20(15-19)35-23-11-10-18(26(27,28)29)14-22(23)30-24(32)12-9-17-13-16-5-2-3-8-21(16)31-25(17)33/h2-8,10-11,14-15,17H,9,12-13H2,1H3,(H,30,32)(H,31,33). The fraction of sp³-hybridized carbons (Fsp3) is 0.231. The average molecular weight is 484 g/mol. The van der Waals surface area contributed by atoms with E-state index in [0.717, 1.165) is 29.4 Å². The molecule has 0 saturated carbocycles. The van der Waals surface area contributed by atoms with E-state index in [1.807, 2.05) is 24.3 Å². The molecule has 182 valence electrons. The normalized spacial score (nSPS) is 15.1. The SMILES string of the molecule is COc1cccc(Oc2ccc(C(F)(F)F)cc2NC(=O)CCC2Cc3ccccc3NC2=O)c1. The summed E-state index contributed by atoms with van der Waals surface area (Å²) in [5.41, 5.74) is 0.686. The number of nitrogens with one attached hydrogen (secondary N) is 2. The number of hydrogen-bond acceptors (Lipinski definition) is 4. The predicted molar refractivity (Wildman–Crippen MR) is 125 cm³/mol. The number of anilines is 2. The molecule has 2 N–H and O–H groups in total. The number of ether oxygens (including phenoxy) is 2. The highest BCUT2D eigenvalue weighted by Gasteiger charge is 2.32. The lowest BCUT2D eigenvalue weighted by Gasteiger charge is -2.24. The predicted octanol–water partition coefficient (Wildman–Crippen LogP) is 6.04. The average Bonchev–Trinajstić information content (AvgIpc) is 2.83. The fourth-order valence-electron chi connectivity index (χ4n) is 3.85. The molecule has 0 aliphatic carbocycles. The molecule has 1 atom stereocenters. The van der Waals surface area contributed by atoms with Gasteiger partial charge in [-0.25, -0.2) is 0 Å². The Morgan fingerprint density at radius 2 is 1.83 bits per heavy atom. The van der Waals surface area contributed by atoms with Gasteiger partial charge in [0.15, 0.2) is 5.75 Å². The van der Waals surface area contributed by atoms with Gasteiger partial charge in [-0.15, -0.1) is 0 Å². The van der Waals surface area contributed by atoms with E-state index in [-0.39, 0.29) is 30.2 Å². The molecule has 0 aromatic heterocycles. The van der Waals surface area contributed by atoms with Crippen LogP contribution in [0.25, 0.3) is 0 Å². The van der Waals surface area contributed by atoms with Crippen molar-refractivity contribution in [1.82, 2.24) is 0 Å². The lowest BCUT2D eigenvalue weighted by molar-refractivity contribution is -0.137. The fourth-order valence-corrected chi connectivity index (χ4v) is 3.85. The van der Waals surface area contributed by atoms with Gasteiger partial charge < -0.3 is 20.1 Å². The number of amides is 2. The minimum atomic E-state index is -4.60. The molecule has 6 nitrogen and oxygen atoms in total. The molecule has 35 heavy (non-hydrogen) atoms. The molecule has 0 radical (unpaired) electrons. The van der Waals surface area contributed by atoms with E-state index in [2.05, 4.69) is 10.6 Å². The van der Waals surface area contributed by atoms with Crippen LogP contribution >= 0.6 is 0 Å². The molecule has 2 amide bonds. The maximum Gasteiger partial charge on any atom is 0.416 e. The lowest BCUT2D eigenvalue weighted by atomic mass is 9.89. The number of rotatable bonds is 7. The second-order valence-corrected chi connectivity index (χ2v) is 8.12. The van der Waals surface area contributed by atoms with E-state index in [4.69, 9.17) is 9.47 Å². The summed E-state index contributed by atoms with van der Waals surface area (Å²) in [6.07, 6.45) is -3.91. The first-order valence-corrected chi connectivity index (χ1v) is 10.9. The molecule has 0 spiro atoms. The molecule has 9 heteroatoms. The van der Waals surface area contributed by atoms with Gasteiger partial charge in [0.25, 0.3) is 0 Å². The first kappa shape index (κ1) is 24.1. The molecule has 3 aromatic rings. The number of hydrogen-bond donors (Lipinski definition) is 2. The maximum atomic E-state index is 13.3. The monoisotopic (exact) mass is 484 g/mol. The summed E-state index contributed by atoms with van der Waals surface area (Å²) < 4.78 is 50.8. The van der Waals surface area contributed by atoms with Crippen LogP contribution in [0.5, 0.6) is 17.2 Å². The van der Waals surface area contributed by atoms with Gasteiger partial charge in [0, 0.05) is 24.1 Å². The highest BCUT2D eigenvalue weighted by atomic mass is 19.4. The van der Waals surface area contributed by atoms with Gasteiger partial charge in [0.05, 0.1) is 18.4 Å². The topological polar surface area (TPSA) is 76.7 Å². The summed E-state index contributed by atoms with van der Waals surface area (Å²) >= 11 is 0. The van der Waals surface area contributed by atoms with Crippen LogP contribution < -0.4 is 20.1 Å². The van der Waals surface area contributed by atoms with Crippen LogP contribution in [0, 0.1) is 5.92 Å². The van der Waals surface area contributed by atoms with Crippen molar-refractivity contribution in [3.05, 3.63) is 77.9 Å². The Morgan fingerprint density at radius 1 is 1.06 bits per heavy atom. The quantitative estimate of drug-likeness (QED) is 0.429. The third-order valence-electron chi connectivity index (χ3n) is 5.68. The number of fused-ring (bicyclic) bond motifs is 1. The summed E-state index contributed by atoms with van der Waals surface area (Å²) in [5.74, 6) is -0.234. The Morgan fingerprint density at radius 3 is 2.60 bits per heavy atom. The van der Waals surface area contributed by atoms with E-state index in [9.17, 15) is 22.8 Å². The Bertz CT molecular complexity index is 1240. The number of para-hydroxylation sites is 1. The van der Waals surface area contributed by atoms with Crippen LogP contribution in [-0.4, -0.2) is 18.9 Å². The highest BCUT2D eigenvalue weighted by Crippen LogP contribution is 2.37. The minimum absolute atomic E-state index is 0.0453. The Balaban J connectivity index is 1.48. The highest BCUT2D eigenvalue weighted by molar-refractivity contribution is 5.97. The van der Waals surface area contributed by atoms with Crippen molar-refractivity contribution in [2.75, 3.05) is 17.7 Å². The molecule has 1 aliphatic heterocycles. The van der Waals surface area contributed by atoms with Crippen molar-refractivity contribution < 1.29 is 32.2 Å². The van der Waals surface area contributed by atoms with Crippen molar-refractivity contribution in [3.63, 3.8) is 0 Å². The Hall–Kier alpha value is -4.01. The molecule has 0 bridgehead atoms. The van der Waals surface area contributed by atoms with Gasteiger partial charge in [-0.1, -0.05) is 24.3 Å². The van der Waals surface area contributed by atoms with Gasteiger partial charge in [-0.05, 0) is 54.8 Å². The number of benzene rings is 3. The molecular formula is C26H23F3N2O4. The molecule has 4 rings (SSSR count). The summed E-state index contributed by atoms with van der Waals surface area (Å²) in [7, 11) is 1.48. The molecular weight excluding hydrogens is 461 g/mol. The summed E-state index contributed by atoms with van der Waals surface area (Å²) in [6, 6.07) is 16.8. The first-order chi connectivity index (χ1) is 16.7. The van der Waals surface area contributed by atoms with Gasteiger partial charge >= 0.3 is 6.18 Å². The Kier molecular flexibility index (Phi) is 6.95. The van der Waals surface area contributed by atoms with Gasteiger partial charge in [-0.2, -0.15) is 13.2 Å². The molecule has 1 aliphatic rings. The van der Waals surface area contributed by atoms with Gasteiger partial charge in [0.2, 0.25) is 11.8 Å². The molecule has 3 aromatic carbocycles. The summed E-state index contributed by atoms with van der Waals surface area (Å²) in [5, 5.41) is 5.35. The number of carbonyl (C=O) groups is 2. The largest absolute Gasteiger partial charge is 0.497 e.